The highest BCUT2D eigenvalue weighted by molar-refractivity contribution is 5.75. The van der Waals surface area contributed by atoms with E-state index < -0.39 is 10.8 Å². The average molecular weight is 517 g/mol. The SMILES string of the molecule is CCCc1cc(OCOC(=O)C(C)(C)C)c(CC=C(C)CCC=C(C)C)c(OCOC(=O)C(C)(C)C)c1. The molecule has 6 nitrogen and oxygen atoms in total. The third-order valence-corrected chi connectivity index (χ3v) is 5.55. The van der Waals surface area contributed by atoms with Crippen LogP contribution in [0.1, 0.15) is 99.6 Å². The van der Waals surface area contributed by atoms with Crippen molar-refractivity contribution >= 4 is 11.9 Å². The van der Waals surface area contributed by atoms with Crippen LogP contribution in [0.2, 0.25) is 0 Å². The fourth-order valence-corrected chi connectivity index (χ4v) is 3.26. The Balaban J connectivity index is 3.25. The maximum absolute atomic E-state index is 12.2. The molecule has 0 radical (unpaired) electrons. The van der Waals surface area contributed by atoms with E-state index in [0.717, 1.165) is 36.8 Å². The number of hydrogen-bond donors (Lipinski definition) is 0. The van der Waals surface area contributed by atoms with Crippen LogP contribution in [-0.2, 0) is 31.9 Å². The van der Waals surface area contributed by atoms with E-state index in [-0.39, 0.29) is 25.5 Å². The zero-order valence-corrected chi connectivity index (χ0v) is 24.7. The molecular weight excluding hydrogens is 468 g/mol. The maximum Gasteiger partial charge on any atom is 0.314 e. The molecule has 0 bridgehead atoms. The van der Waals surface area contributed by atoms with E-state index in [4.69, 9.17) is 18.9 Å². The smallest absolute Gasteiger partial charge is 0.314 e. The van der Waals surface area contributed by atoms with Gasteiger partial charge in [0.1, 0.15) is 11.5 Å². The van der Waals surface area contributed by atoms with Crippen LogP contribution in [0.3, 0.4) is 0 Å². The molecular formula is C31H48O6. The predicted octanol–water partition coefficient (Wildman–Crippen LogP) is 7.73. The van der Waals surface area contributed by atoms with Crippen molar-refractivity contribution in [1.29, 1.82) is 0 Å². The largest absolute Gasteiger partial charge is 0.457 e. The van der Waals surface area contributed by atoms with Crippen molar-refractivity contribution in [3.05, 3.63) is 46.6 Å². The first-order valence-electron chi connectivity index (χ1n) is 13.2. The number of ether oxygens (including phenoxy) is 4. The van der Waals surface area contributed by atoms with Gasteiger partial charge in [0.25, 0.3) is 0 Å². The second-order valence-electron chi connectivity index (χ2n) is 11.8. The number of carbonyl (C=O) groups excluding carboxylic acids is 2. The molecule has 0 unspecified atom stereocenters. The molecule has 1 aromatic carbocycles. The van der Waals surface area contributed by atoms with E-state index in [1.54, 1.807) is 41.5 Å². The molecule has 0 atom stereocenters. The van der Waals surface area contributed by atoms with Crippen LogP contribution >= 0.6 is 0 Å². The minimum atomic E-state index is -0.618. The second kappa shape index (κ2) is 14.8. The van der Waals surface area contributed by atoms with E-state index in [0.29, 0.717) is 17.9 Å². The molecule has 0 saturated carbocycles. The molecule has 6 heteroatoms. The summed E-state index contributed by atoms with van der Waals surface area (Å²) in [5.41, 5.74) is 3.18. The summed E-state index contributed by atoms with van der Waals surface area (Å²) < 4.78 is 22.7. The van der Waals surface area contributed by atoms with E-state index in [1.807, 2.05) is 12.1 Å². The zero-order valence-electron chi connectivity index (χ0n) is 24.7. The molecule has 0 saturated heterocycles. The Labute approximate surface area is 224 Å². The molecule has 37 heavy (non-hydrogen) atoms. The van der Waals surface area contributed by atoms with Gasteiger partial charge >= 0.3 is 11.9 Å². The quantitative estimate of drug-likeness (QED) is 0.152. The summed E-state index contributed by atoms with van der Waals surface area (Å²) in [6, 6.07) is 3.95. The van der Waals surface area contributed by atoms with E-state index in [1.165, 1.54) is 11.1 Å². The molecule has 0 spiro atoms. The third-order valence-electron chi connectivity index (χ3n) is 5.55. The van der Waals surface area contributed by atoms with Crippen molar-refractivity contribution in [3.63, 3.8) is 0 Å². The van der Waals surface area contributed by atoms with Gasteiger partial charge in [-0.3, -0.25) is 9.59 Å². The summed E-state index contributed by atoms with van der Waals surface area (Å²) in [6.45, 7) is 18.8. The highest BCUT2D eigenvalue weighted by atomic mass is 16.7. The van der Waals surface area contributed by atoms with Crippen molar-refractivity contribution in [1.82, 2.24) is 0 Å². The van der Waals surface area contributed by atoms with Gasteiger partial charge in [-0.2, -0.15) is 0 Å². The number of rotatable bonds is 13. The molecule has 0 aliphatic rings. The molecule has 208 valence electrons. The molecule has 0 N–H and O–H groups in total. The second-order valence-corrected chi connectivity index (χ2v) is 11.8. The molecule has 0 heterocycles. The van der Waals surface area contributed by atoms with Crippen molar-refractivity contribution in [3.8, 4) is 11.5 Å². The van der Waals surface area contributed by atoms with Gasteiger partial charge in [0.05, 0.1) is 10.8 Å². The van der Waals surface area contributed by atoms with Crippen LogP contribution in [0.25, 0.3) is 0 Å². The lowest BCUT2D eigenvalue weighted by molar-refractivity contribution is -0.160. The fourth-order valence-electron chi connectivity index (χ4n) is 3.26. The van der Waals surface area contributed by atoms with Crippen molar-refractivity contribution in [2.24, 2.45) is 10.8 Å². The Hall–Kier alpha value is -2.76. The molecule has 1 rings (SSSR count). The standard InChI is InChI=1S/C31H48O6/c1-11-13-24-18-26(34-20-36-28(32)30(5,6)7)25(17-16-23(4)15-12-14-22(2)3)27(19-24)35-21-37-29(33)31(8,9)10/h14,16,18-19H,11-13,15,17,20-21H2,1-10H3. The van der Waals surface area contributed by atoms with Crippen LogP contribution in [0, 0.1) is 10.8 Å². The van der Waals surface area contributed by atoms with Crippen LogP contribution in [-0.4, -0.2) is 25.5 Å². The Morgan fingerprint density at radius 2 is 1.30 bits per heavy atom. The zero-order chi connectivity index (χ0) is 28.2. The number of esters is 2. The van der Waals surface area contributed by atoms with Gasteiger partial charge in [0.15, 0.2) is 0 Å². The van der Waals surface area contributed by atoms with Crippen molar-refractivity contribution in [2.45, 2.75) is 101 Å². The molecule has 0 aromatic heterocycles. The average Bonchev–Trinajstić information content (AvgIpc) is 2.77. The summed E-state index contributed by atoms with van der Waals surface area (Å²) in [5.74, 6) is 0.523. The van der Waals surface area contributed by atoms with Gasteiger partial charge in [-0.1, -0.05) is 36.6 Å². The summed E-state index contributed by atoms with van der Waals surface area (Å²) in [5, 5.41) is 0. The highest BCUT2D eigenvalue weighted by Gasteiger charge is 2.24. The number of benzene rings is 1. The summed E-state index contributed by atoms with van der Waals surface area (Å²) >= 11 is 0. The molecule has 0 fully saturated rings. The van der Waals surface area contributed by atoms with Crippen molar-refractivity contribution < 1.29 is 28.5 Å². The first-order valence-corrected chi connectivity index (χ1v) is 13.2. The monoisotopic (exact) mass is 516 g/mol. The lowest BCUT2D eigenvalue weighted by atomic mass is 9.97. The minimum Gasteiger partial charge on any atom is -0.457 e. The Bertz CT molecular complexity index is 900. The third kappa shape index (κ3) is 12.4. The van der Waals surface area contributed by atoms with Gasteiger partial charge in [-0.05, 0) is 106 Å². The first-order chi connectivity index (χ1) is 17.1. The molecule has 0 amide bonds. The minimum absolute atomic E-state index is 0.194. The van der Waals surface area contributed by atoms with E-state index in [2.05, 4.69) is 39.8 Å². The van der Waals surface area contributed by atoms with Gasteiger partial charge in [-0.25, -0.2) is 0 Å². The van der Waals surface area contributed by atoms with Crippen LogP contribution in [0.15, 0.2) is 35.4 Å². The highest BCUT2D eigenvalue weighted by Crippen LogP contribution is 2.33. The normalized spacial score (nSPS) is 12.1. The lowest BCUT2D eigenvalue weighted by Crippen LogP contribution is -2.25. The number of hydrogen-bond acceptors (Lipinski definition) is 6. The number of carbonyl (C=O) groups is 2. The lowest BCUT2D eigenvalue weighted by Gasteiger charge is -2.21. The van der Waals surface area contributed by atoms with Crippen LogP contribution in [0.4, 0.5) is 0 Å². The van der Waals surface area contributed by atoms with Crippen molar-refractivity contribution in [2.75, 3.05) is 13.6 Å². The number of aryl methyl sites for hydroxylation is 1. The van der Waals surface area contributed by atoms with Gasteiger partial charge in [0.2, 0.25) is 13.6 Å². The molecule has 0 aliphatic heterocycles. The fraction of sp³-hybridized carbons (Fsp3) is 0.613. The summed E-state index contributed by atoms with van der Waals surface area (Å²) in [4.78, 5) is 24.5. The predicted molar refractivity (Wildman–Crippen MR) is 149 cm³/mol. The van der Waals surface area contributed by atoms with Gasteiger partial charge < -0.3 is 18.9 Å². The van der Waals surface area contributed by atoms with E-state index >= 15 is 0 Å². The Kier molecular flexibility index (Phi) is 12.9. The first kappa shape index (κ1) is 32.3. The van der Waals surface area contributed by atoms with Gasteiger partial charge in [-0.15, -0.1) is 0 Å². The molecule has 1 aromatic rings. The summed E-state index contributed by atoms with van der Waals surface area (Å²) in [6.07, 6.45) is 8.67. The van der Waals surface area contributed by atoms with Gasteiger partial charge in [0, 0.05) is 5.56 Å². The molecule has 0 aliphatic carbocycles. The summed E-state index contributed by atoms with van der Waals surface area (Å²) in [7, 11) is 0. The number of allylic oxidation sites excluding steroid dienone is 4. The van der Waals surface area contributed by atoms with E-state index in [9.17, 15) is 9.59 Å². The Morgan fingerprint density at radius 3 is 1.70 bits per heavy atom. The topological polar surface area (TPSA) is 71.1 Å². The Morgan fingerprint density at radius 1 is 0.811 bits per heavy atom. The van der Waals surface area contributed by atoms with Crippen LogP contribution in [0.5, 0.6) is 11.5 Å². The van der Waals surface area contributed by atoms with Crippen LogP contribution < -0.4 is 9.47 Å². The maximum atomic E-state index is 12.2.